The summed E-state index contributed by atoms with van der Waals surface area (Å²) >= 11 is 0. The van der Waals surface area contributed by atoms with Crippen molar-refractivity contribution in [3.05, 3.63) is 35.9 Å². The molecule has 1 aromatic rings. The second kappa shape index (κ2) is 7.69. The normalized spacial score (nSPS) is 14.0. The van der Waals surface area contributed by atoms with Crippen LogP contribution in [0, 0.1) is 0 Å². The van der Waals surface area contributed by atoms with Gasteiger partial charge in [-0.25, -0.2) is 18.4 Å². The summed E-state index contributed by atoms with van der Waals surface area (Å²) in [4.78, 5) is 22.5. The maximum absolute atomic E-state index is 12.8. The predicted octanol–water partition coefficient (Wildman–Crippen LogP) is 1.77. The number of nitrogens with one attached hydrogen (secondary N) is 1. The highest BCUT2D eigenvalue weighted by Gasteiger charge is 2.35. The molecule has 0 spiro atoms. The number of alkyl carbamates (subject to hydrolysis) is 1. The number of benzene rings is 1. The first-order valence-corrected chi connectivity index (χ1v) is 6.45. The van der Waals surface area contributed by atoms with Gasteiger partial charge >= 0.3 is 12.1 Å². The van der Waals surface area contributed by atoms with Gasteiger partial charge in [0.05, 0.1) is 6.10 Å². The number of carboxylic acid groups (broad SMARTS) is 1. The van der Waals surface area contributed by atoms with E-state index < -0.39 is 36.6 Å². The fourth-order valence-electron chi connectivity index (χ4n) is 1.70. The van der Waals surface area contributed by atoms with Crippen molar-refractivity contribution < 1.29 is 33.3 Å². The van der Waals surface area contributed by atoms with E-state index in [0.717, 1.165) is 0 Å². The molecule has 0 aliphatic carbocycles. The summed E-state index contributed by atoms with van der Waals surface area (Å²) in [6, 6.07) is 6.72. The Hall–Kier alpha value is -2.22. The number of aliphatic carboxylic acids is 1. The van der Waals surface area contributed by atoms with Crippen LogP contribution in [-0.4, -0.2) is 40.3 Å². The molecule has 0 bridgehead atoms. The summed E-state index contributed by atoms with van der Waals surface area (Å²) in [5.41, 5.74) is 0.671. The minimum Gasteiger partial charge on any atom is -0.480 e. The molecule has 2 atom stereocenters. The summed E-state index contributed by atoms with van der Waals surface area (Å²) in [5, 5.41) is 20.3. The van der Waals surface area contributed by atoms with E-state index >= 15 is 0 Å². The maximum atomic E-state index is 12.8. The summed E-state index contributed by atoms with van der Waals surface area (Å²) in [7, 11) is 0. The van der Waals surface area contributed by atoms with Gasteiger partial charge in [-0.15, -0.1) is 0 Å². The van der Waals surface area contributed by atoms with Crippen LogP contribution in [0.15, 0.2) is 30.3 Å². The molecule has 122 valence electrons. The van der Waals surface area contributed by atoms with E-state index in [0.29, 0.717) is 12.5 Å². The van der Waals surface area contributed by atoms with E-state index in [1.807, 2.05) is 5.32 Å². The minimum absolute atomic E-state index is 0.112. The Labute approximate surface area is 125 Å². The first-order valence-electron chi connectivity index (χ1n) is 6.45. The zero-order valence-corrected chi connectivity index (χ0v) is 11.8. The summed E-state index contributed by atoms with van der Waals surface area (Å²) in [6.07, 6.45) is -4.15. The van der Waals surface area contributed by atoms with Crippen molar-refractivity contribution in [2.75, 3.05) is 0 Å². The molecule has 1 rings (SSSR count). The average Bonchev–Trinajstić information content (AvgIpc) is 2.41. The molecule has 0 fully saturated rings. The molecule has 22 heavy (non-hydrogen) atoms. The highest BCUT2D eigenvalue weighted by atomic mass is 19.3. The van der Waals surface area contributed by atoms with Gasteiger partial charge in [-0.2, -0.15) is 0 Å². The van der Waals surface area contributed by atoms with Crippen molar-refractivity contribution in [2.45, 2.75) is 38.0 Å². The third-order valence-electron chi connectivity index (χ3n) is 2.70. The molecular weight excluding hydrogens is 300 g/mol. The lowest BCUT2D eigenvalue weighted by atomic mass is 10.0. The molecule has 0 saturated carbocycles. The third-order valence-corrected chi connectivity index (χ3v) is 2.70. The number of aliphatic hydroxyl groups is 1. The maximum Gasteiger partial charge on any atom is 0.408 e. The number of aliphatic hydroxyl groups excluding tert-OH is 1. The van der Waals surface area contributed by atoms with Gasteiger partial charge in [0.1, 0.15) is 6.61 Å². The van der Waals surface area contributed by atoms with Crippen molar-refractivity contribution in [3.8, 4) is 0 Å². The number of carboxylic acids is 1. The first kappa shape index (κ1) is 17.8. The Morgan fingerprint density at radius 1 is 1.32 bits per heavy atom. The van der Waals surface area contributed by atoms with E-state index in [2.05, 4.69) is 0 Å². The molecule has 0 radical (unpaired) electrons. The molecule has 0 saturated heterocycles. The molecule has 1 amide bonds. The average molecular weight is 317 g/mol. The van der Waals surface area contributed by atoms with Crippen molar-refractivity contribution in [1.29, 1.82) is 0 Å². The van der Waals surface area contributed by atoms with Crippen LogP contribution in [0.5, 0.6) is 0 Å². The van der Waals surface area contributed by atoms with Crippen LogP contribution in [0.2, 0.25) is 0 Å². The number of halogens is 2. The SMILES string of the molecule is CC(F)(F)CC(O)C(NC(=O)OCc1ccccc1)C(=O)O. The first-order chi connectivity index (χ1) is 10.2. The topological polar surface area (TPSA) is 95.9 Å². The molecule has 6 nitrogen and oxygen atoms in total. The van der Waals surface area contributed by atoms with E-state index in [4.69, 9.17) is 9.84 Å². The van der Waals surface area contributed by atoms with Crippen LogP contribution in [-0.2, 0) is 16.1 Å². The van der Waals surface area contributed by atoms with Crippen LogP contribution in [0.1, 0.15) is 18.9 Å². The van der Waals surface area contributed by atoms with Gasteiger partial charge < -0.3 is 20.3 Å². The molecule has 1 aromatic carbocycles. The highest BCUT2D eigenvalue weighted by molar-refractivity contribution is 5.80. The van der Waals surface area contributed by atoms with Crippen LogP contribution >= 0.6 is 0 Å². The Balaban J connectivity index is 2.55. The van der Waals surface area contributed by atoms with E-state index in [1.54, 1.807) is 30.3 Å². The zero-order valence-electron chi connectivity index (χ0n) is 11.8. The number of carbonyl (C=O) groups is 2. The van der Waals surface area contributed by atoms with Crippen molar-refractivity contribution in [1.82, 2.24) is 5.32 Å². The Morgan fingerprint density at radius 3 is 2.41 bits per heavy atom. The standard InChI is InChI=1S/C14H17F2NO5/c1-14(15,16)7-10(18)11(12(19)20)17-13(21)22-8-9-5-3-2-4-6-9/h2-6,10-11,18H,7-8H2,1H3,(H,17,21)(H,19,20). The van der Waals surface area contributed by atoms with Crippen LogP contribution in [0.3, 0.4) is 0 Å². The summed E-state index contributed by atoms with van der Waals surface area (Å²) in [6.45, 7) is 0.432. The van der Waals surface area contributed by atoms with Crippen molar-refractivity contribution in [3.63, 3.8) is 0 Å². The van der Waals surface area contributed by atoms with Crippen molar-refractivity contribution >= 4 is 12.1 Å². The monoisotopic (exact) mass is 317 g/mol. The van der Waals surface area contributed by atoms with E-state index in [9.17, 15) is 23.5 Å². The second-order valence-corrected chi connectivity index (χ2v) is 4.86. The van der Waals surface area contributed by atoms with Crippen molar-refractivity contribution in [2.24, 2.45) is 0 Å². The van der Waals surface area contributed by atoms with Gasteiger partial charge in [0, 0.05) is 6.42 Å². The number of alkyl halides is 2. The number of hydrogen-bond donors (Lipinski definition) is 3. The van der Waals surface area contributed by atoms with Gasteiger partial charge in [0.15, 0.2) is 6.04 Å². The van der Waals surface area contributed by atoms with Gasteiger partial charge in [0.25, 0.3) is 0 Å². The Kier molecular flexibility index (Phi) is 6.24. The fourth-order valence-corrected chi connectivity index (χ4v) is 1.70. The largest absolute Gasteiger partial charge is 0.480 e. The highest BCUT2D eigenvalue weighted by Crippen LogP contribution is 2.20. The summed E-state index contributed by atoms with van der Waals surface area (Å²) in [5.74, 6) is -4.89. The molecule has 0 aromatic heterocycles. The molecule has 3 N–H and O–H groups in total. The smallest absolute Gasteiger partial charge is 0.408 e. The Morgan fingerprint density at radius 2 is 1.91 bits per heavy atom. The van der Waals surface area contributed by atoms with Crippen LogP contribution < -0.4 is 5.32 Å². The van der Waals surface area contributed by atoms with Gasteiger partial charge in [-0.05, 0) is 12.5 Å². The molecule has 0 aliphatic heterocycles. The van der Waals surface area contributed by atoms with E-state index in [1.165, 1.54) is 0 Å². The summed E-state index contributed by atoms with van der Waals surface area (Å²) < 4.78 is 30.4. The molecule has 0 aliphatic rings. The lowest BCUT2D eigenvalue weighted by molar-refractivity contribution is -0.143. The second-order valence-electron chi connectivity index (χ2n) is 4.86. The number of ether oxygens (including phenoxy) is 1. The molecule has 8 heteroatoms. The lowest BCUT2D eigenvalue weighted by Crippen LogP contribution is -2.50. The molecule has 0 heterocycles. The minimum atomic E-state index is -3.26. The molecule has 2 unspecified atom stereocenters. The van der Waals surface area contributed by atoms with Crippen LogP contribution in [0.25, 0.3) is 0 Å². The van der Waals surface area contributed by atoms with E-state index in [-0.39, 0.29) is 6.61 Å². The number of amides is 1. The Bertz CT molecular complexity index is 504. The van der Waals surface area contributed by atoms with Gasteiger partial charge in [0.2, 0.25) is 5.92 Å². The number of hydrogen-bond acceptors (Lipinski definition) is 4. The number of rotatable bonds is 7. The van der Waals surface area contributed by atoms with Crippen LogP contribution in [0.4, 0.5) is 13.6 Å². The predicted molar refractivity (Wildman–Crippen MR) is 72.4 cm³/mol. The third kappa shape index (κ3) is 6.49. The lowest BCUT2D eigenvalue weighted by Gasteiger charge is -2.22. The van der Waals surface area contributed by atoms with Gasteiger partial charge in [-0.1, -0.05) is 30.3 Å². The van der Waals surface area contributed by atoms with Gasteiger partial charge in [-0.3, -0.25) is 0 Å². The quantitative estimate of drug-likeness (QED) is 0.712. The fraction of sp³-hybridized carbons (Fsp3) is 0.429. The number of carbonyl (C=O) groups excluding carboxylic acids is 1. The zero-order chi connectivity index (χ0) is 16.8. The molecular formula is C14H17F2NO5.